The molecule has 0 unspecified atom stereocenters. The number of carbonyl (C=O) groups is 1. The minimum Gasteiger partial charge on any atom is -0.466 e. The zero-order chi connectivity index (χ0) is 13.0. The fourth-order valence-corrected chi connectivity index (χ4v) is 3.34. The number of rotatable bonds is 5. The Morgan fingerprint density at radius 2 is 2.28 bits per heavy atom. The smallest absolute Gasteiger partial charge is 0.306 e. The average Bonchev–Trinajstić information content (AvgIpc) is 2.95. The summed E-state index contributed by atoms with van der Waals surface area (Å²) in [5, 5.41) is 3.05. The van der Waals surface area contributed by atoms with E-state index in [-0.39, 0.29) is 5.97 Å². The van der Waals surface area contributed by atoms with Gasteiger partial charge in [0.15, 0.2) is 0 Å². The molecule has 0 saturated carbocycles. The maximum Gasteiger partial charge on any atom is 0.306 e. The summed E-state index contributed by atoms with van der Waals surface area (Å²) in [4.78, 5) is 18.3. The van der Waals surface area contributed by atoms with Crippen LogP contribution in [0.1, 0.15) is 23.9 Å². The first-order chi connectivity index (χ1) is 8.69. The number of aromatic nitrogens is 1. The normalized spacial score (nSPS) is 10.6. The van der Waals surface area contributed by atoms with E-state index in [0.717, 1.165) is 10.7 Å². The van der Waals surface area contributed by atoms with Gasteiger partial charge in [0.2, 0.25) is 0 Å². The van der Waals surface area contributed by atoms with Crippen molar-refractivity contribution >= 4 is 28.6 Å². The highest BCUT2D eigenvalue weighted by atomic mass is 32.1. The van der Waals surface area contributed by atoms with Crippen molar-refractivity contribution in [2.45, 2.75) is 26.7 Å². The van der Waals surface area contributed by atoms with E-state index < -0.39 is 0 Å². The first-order valence-corrected chi connectivity index (χ1v) is 7.55. The molecular weight excluding hydrogens is 266 g/mol. The molecule has 0 N–H and O–H groups in total. The van der Waals surface area contributed by atoms with Crippen LogP contribution < -0.4 is 0 Å². The van der Waals surface area contributed by atoms with E-state index in [1.807, 2.05) is 12.3 Å². The van der Waals surface area contributed by atoms with Crippen LogP contribution in [-0.4, -0.2) is 17.6 Å². The Kier molecular flexibility index (Phi) is 4.49. The van der Waals surface area contributed by atoms with Crippen LogP contribution in [0.5, 0.6) is 0 Å². The quantitative estimate of drug-likeness (QED) is 0.785. The summed E-state index contributed by atoms with van der Waals surface area (Å²) in [7, 11) is 0. The number of thiazole rings is 1. The van der Waals surface area contributed by atoms with Gasteiger partial charge in [0.05, 0.1) is 23.6 Å². The Morgan fingerprint density at radius 3 is 2.94 bits per heavy atom. The number of aryl methyl sites for hydroxylation is 2. The molecule has 5 heteroatoms. The lowest BCUT2D eigenvalue weighted by atomic mass is 10.2. The highest BCUT2D eigenvalue weighted by Gasteiger charge is 2.08. The van der Waals surface area contributed by atoms with E-state index in [0.29, 0.717) is 19.4 Å². The first-order valence-electron chi connectivity index (χ1n) is 5.86. The zero-order valence-corrected chi connectivity index (χ0v) is 12.1. The summed E-state index contributed by atoms with van der Waals surface area (Å²) < 4.78 is 4.90. The second-order valence-electron chi connectivity index (χ2n) is 3.86. The number of carbonyl (C=O) groups excluding carboxylic acids is 1. The van der Waals surface area contributed by atoms with Gasteiger partial charge in [-0.1, -0.05) is 0 Å². The van der Waals surface area contributed by atoms with Crippen molar-refractivity contribution in [3.05, 3.63) is 28.1 Å². The lowest BCUT2D eigenvalue weighted by Gasteiger charge is -1.99. The predicted octanol–water partition coefficient (Wildman–Crippen LogP) is 3.68. The van der Waals surface area contributed by atoms with Crippen molar-refractivity contribution in [2.24, 2.45) is 0 Å². The standard InChI is InChI=1S/C13H15NO2S2/c1-3-16-12(15)7-5-10-8-17-13(14-10)11-6-4-9(2)18-11/h4,6,8H,3,5,7H2,1-2H3. The molecule has 0 aliphatic carbocycles. The fourth-order valence-electron chi connectivity index (χ4n) is 1.55. The van der Waals surface area contributed by atoms with Gasteiger partial charge in [-0.2, -0.15) is 0 Å². The highest BCUT2D eigenvalue weighted by Crippen LogP contribution is 2.30. The van der Waals surface area contributed by atoms with Crippen molar-refractivity contribution in [3.8, 4) is 9.88 Å². The molecule has 3 nitrogen and oxygen atoms in total. The molecule has 18 heavy (non-hydrogen) atoms. The Bertz CT molecular complexity index is 531. The monoisotopic (exact) mass is 281 g/mol. The van der Waals surface area contributed by atoms with Gasteiger partial charge >= 0.3 is 5.97 Å². The maximum atomic E-state index is 11.3. The summed E-state index contributed by atoms with van der Waals surface area (Å²) in [6.07, 6.45) is 1.06. The van der Waals surface area contributed by atoms with Crippen LogP contribution in [0.15, 0.2) is 17.5 Å². The molecule has 0 bridgehead atoms. The second-order valence-corrected chi connectivity index (χ2v) is 6.01. The number of hydrogen-bond donors (Lipinski definition) is 0. The van der Waals surface area contributed by atoms with Crippen molar-refractivity contribution in [1.29, 1.82) is 0 Å². The van der Waals surface area contributed by atoms with E-state index in [1.165, 1.54) is 9.75 Å². The van der Waals surface area contributed by atoms with Crippen LogP contribution in [-0.2, 0) is 16.0 Å². The molecule has 2 aromatic heterocycles. The Balaban J connectivity index is 1.96. The third-order valence-electron chi connectivity index (χ3n) is 2.39. The SMILES string of the molecule is CCOC(=O)CCc1csc(-c2ccc(C)s2)n1. The first kappa shape index (κ1) is 13.2. The summed E-state index contributed by atoms with van der Waals surface area (Å²) in [5.74, 6) is -0.154. The lowest BCUT2D eigenvalue weighted by Crippen LogP contribution is -2.05. The Morgan fingerprint density at radius 1 is 1.44 bits per heavy atom. The molecular formula is C13H15NO2S2. The van der Waals surface area contributed by atoms with Gasteiger partial charge in [0.25, 0.3) is 0 Å². The molecule has 0 amide bonds. The van der Waals surface area contributed by atoms with Gasteiger partial charge in [0, 0.05) is 16.7 Å². The van der Waals surface area contributed by atoms with Gasteiger partial charge < -0.3 is 4.74 Å². The summed E-state index contributed by atoms with van der Waals surface area (Å²) >= 11 is 3.37. The molecule has 96 valence electrons. The fraction of sp³-hybridized carbons (Fsp3) is 0.385. The van der Waals surface area contributed by atoms with Crippen LogP contribution >= 0.6 is 22.7 Å². The molecule has 0 aliphatic heterocycles. The van der Waals surface area contributed by atoms with Gasteiger partial charge in [0.1, 0.15) is 5.01 Å². The minimum absolute atomic E-state index is 0.154. The van der Waals surface area contributed by atoms with Gasteiger partial charge in [-0.3, -0.25) is 4.79 Å². The molecule has 0 fully saturated rings. The van der Waals surface area contributed by atoms with Gasteiger partial charge in [-0.15, -0.1) is 22.7 Å². The summed E-state index contributed by atoms with van der Waals surface area (Å²) in [5.41, 5.74) is 0.967. The van der Waals surface area contributed by atoms with Crippen LogP contribution in [0.25, 0.3) is 9.88 Å². The number of hydrogen-bond acceptors (Lipinski definition) is 5. The molecule has 0 radical (unpaired) electrons. The minimum atomic E-state index is -0.154. The van der Waals surface area contributed by atoms with Crippen LogP contribution in [0.2, 0.25) is 0 Å². The number of esters is 1. The Labute approximate surface area is 114 Å². The van der Waals surface area contributed by atoms with Crippen LogP contribution in [0, 0.1) is 6.92 Å². The van der Waals surface area contributed by atoms with E-state index in [1.54, 1.807) is 22.7 Å². The number of nitrogens with zero attached hydrogens (tertiary/aromatic N) is 1. The maximum absolute atomic E-state index is 11.3. The molecule has 2 heterocycles. The second kappa shape index (κ2) is 6.11. The molecule has 0 spiro atoms. The van der Waals surface area contributed by atoms with Gasteiger partial charge in [-0.25, -0.2) is 4.98 Å². The van der Waals surface area contributed by atoms with Crippen molar-refractivity contribution in [1.82, 2.24) is 4.98 Å². The third kappa shape index (κ3) is 3.40. The van der Waals surface area contributed by atoms with Crippen molar-refractivity contribution in [3.63, 3.8) is 0 Å². The molecule has 0 aromatic carbocycles. The topological polar surface area (TPSA) is 39.2 Å². The largest absolute Gasteiger partial charge is 0.466 e. The van der Waals surface area contributed by atoms with Gasteiger partial charge in [-0.05, 0) is 26.0 Å². The van der Waals surface area contributed by atoms with Crippen molar-refractivity contribution in [2.75, 3.05) is 6.61 Å². The molecule has 0 atom stereocenters. The van der Waals surface area contributed by atoms with Crippen molar-refractivity contribution < 1.29 is 9.53 Å². The van der Waals surface area contributed by atoms with E-state index in [4.69, 9.17) is 4.74 Å². The van der Waals surface area contributed by atoms with E-state index >= 15 is 0 Å². The lowest BCUT2D eigenvalue weighted by molar-refractivity contribution is -0.143. The Hall–Kier alpha value is -1.20. The van der Waals surface area contributed by atoms with Crippen LogP contribution in [0.4, 0.5) is 0 Å². The average molecular weight is 281 g/mol. The predicted molar refractivity (Wildman–Crippen MR) is 75.1 cm³/mol. The summed E-state index contributed by atoms with van der Waals surface area (Å²) in [6.45, 7) is 4.34. The summed E-state index contributed by atoms with van der Waals surface area (Å²) in [6, 6.07) is 4.19. The van der Waals surface area contributed by atoms with Crippen LogP contribution in [0.3, 0.4) is 0 Å². The molecule has 0 aliphatic rings. The zero-order valence-electron chi connectivity index (χ0n) is 10.4. The third-order valence-corrected chi connectivity index (χ3v) is 4.45. The molecule has 2 aromatic rings. The number of ether oxygens (including phenoxy) is 1. The van der Waals surface area contributed by atoms with E-state index in [2.05, 4.69) is 24.0 Å². The molecule has 2 rings (SSSR count). The highest BCUT2D eigenvalue weighted by molar-refractivity contribution is 7.21. The van der Waals surface area contributed by atoms with E-state index in [9.17, 15) is 4.79 Å². The number of thiophene rings is 1. The molecule has 0 saturated heterocycles.